The predicted octanol–water partition coefficient (Wildman–Crippen LogP) is 2.25. The van der Waals surface area contributed by atoms with Gasteiger partial charge in [-0.05, 0) is 29.4 Å². The molecule has 10 nitrogen and oxygen atoms in total. The summed E-state index contributed by atoms with van der Waals surface area (Å²) in [6.07, 6.45) is 1.74. The number of nitrogen functional groups attached to an aromatic ring is 1. The van der Waals surface area contributed by atoms with Gasteiger partial charge in [0.25, 0.3) is 0 Å². The van der Waals surface area contributed by atoms with Crippen LogP contribution in [0.4, 0.5) is 5.82 Å². The molecular formula is C17H15N7O3S. The van der Waals surface area contributed by atoms with Gasteiger partial charge in [0, 0.05) is 22.2 Å². The van der Waals surface area contributed by atoms with Crippen molar-refractivity contribution in [2.75, 3.05) is 12.3 Å². The van der Waals surface area contributed by atoms with E-state index in [1.165, 1.54) is 16.4 Å². The fourth-order valence-electron chi connectivity index (χ4n) is 2.64. The van der Waals surface area contributed by atoms with Gasteiger partial charge in [0.15, 0.2) is 5.69 Å². The van der Waals surface area contributed by atoms with Crippen molar-refractivity contribution < 1.29 is 14.2 Å². The van der Waals surface area contributed by atoms with Gasteiger partial charge in [0.2, 0.25) is 11.6 Å². The smallest absolute Gasteiger partial charge is 0.360 e. The van der Waals surface area contributed by atoms with Crippen LogP contribution in [0.1, 0.15) is 23.1 Å². The zero-order valence-corrected chi connectivity index (χ0v) is 15.6. The normalized spacial score (nSPS) is 11.0. The molecule has 0 aliphatic rings. The highest BCUT2D eigenvalue weighted by Gasteiger charge is 2.25. The SMILES string of the molecule is CCOC(=O)c1nnn(-c2nonc2N)c1CSc1cccc2cccnc12. The second-order valence-corrected chi connectivity index (χ2v) is 6.63. The van der Waals surface area contributed by atoms with Gasteiger partial charge < -0.3 is 10.5 Å². The van der Waals surface area contributed by atoms with Gasteiger partial charge in [-0.3, -0.25) is 4.98 Å². The first kappa shape index (κ1) is 17.9. The maximum atomic E-state index is 12.3. The Balaban J connectivity index is 1.72. The fraction of sp³-hybridized carbons (Fsp3) is 0.176. The molecule has 142 valence electrons. The predicted molar refractivity (Wildman–Crippen MR) is 101 cm³/mol. The number of esters is 1. The largest absolute Gasteiger partial charge is 0.461 e. The molecule has 4 rings (SSSR count). The van der Waals surface area contributed by atoms with Crippen LogP contribution in [0.2, 0.25) is 0 Å². The molecule has 1 aromatic carbocycles. The molecular weight excluding hydrogens is 382 g/mol. The number of anilines is 1. The topological polar surface area (TPSA) is 135 Å². The van der Waals surface area contributed by atoms with Crippen molar-refractivity contribution in [1.82, 2.24) is 30.3 Å². The molecule has 0 bridgehead atoms. The van der Waals surface area contributed by atoms with Crippen molar-refractivity contribution in [1.29, 1.82) is 0 Å². The van der Waals surface area contributed by atoms with Crippen molar-refractivity contribution >= 4 is 34.5 Å². The minimum Gasteiger partial charge on any atom is -0.461 e. The number of aromatic nitrogens is 6. The maximum Gasteiger partial charge on any atom is 0.360 e. The molecule has 2 N–H and O–H groups in total. The van der Waals surface area contributed by atoms with E-state index in [0.29, 0.717) is 11.4 Å². The van der Waals surface area contributed by atoms with Crippen LogP contribution < -0.4 is 5.73 Å². The first-order valence-corrected chi connectivity index (χ1v) is 9.34. The van der Waals surface area contributed by atoms with E-state index < -0.39 is 5.97 Å². The number of carbonyl (C=O) groups is 1. The summed E-state index contributed by atoms with van der Waals surface area (Å²) in [6, 6.07) is 9.78. The number of hydrogen-bond acceptors (Lipinski definition) is 10. The number of ether oxygens (including phenoxy) is 1. The summed E-state index contributed by atoms with van der Waals surface area (Å²) in [4.78, 5) is 17.7. The van der Waals surface area contributed by atoms with Crippen LogP contribution in [0, 0.1) is 0 Å². The summed E-state index contributed by atoms with van der Waals surface area (Å²) in [5.74, 6) is -0.0214. The maximum absolute atomic E-state index is 12.3. The molecule has 0 saturated heterocycles. The van der Waals surface area contributed by atoms with Crippen molar-refractivity contribution in [2.45, 2.75) is 17.6 Å². The number of para-hydroxylation sites is 1. The lowest BCUT2D eigenvalue weighted by atomic mass is 10.2. The first-order valence-electron chi connectivity index (χ1n) is 8.35. The Morgan fingerprint density at radius 3 is 2.93 bits per heavy atom. The molecule has 4 aromatic rings. The van der Waals surface area contributed by atoms with E-state index in [9.17, 15) is 4.79 Å². The van der Waals surface area contributed by atoms with Gasteiger partial charge in [-0.2, -0.15) is 4.68 Å². The van der Waals surface area contributed by atoms with Crippen LogP contribution >= 0.6 is 11.8 Å². The number of rotatable bonds is 6. The third-order valence-corrected chi connectivity index (χ3v) is 4.95. The summed E-state index contributed by atoms with van der Waals surface area (Å²) in [5, 5.41) is 16.3. The molecule has 28 heavy (non-hydrogen) atoms. The summed E-state index contributed by atoms with van der Waals surface area (Å²) in [7, 11) is 0. The van der Waals surface area contributed by atoms with Crippen LogP contribution in [-0.4, -0.2) is 42.9 Å². The number of pyridine rings is 1. The second kappa shape index (κ2) is 7.64. The van der Waals surface area contributed by atoms with Gasteiger partial charge in [0.05, 0.1) is 17.8 Å². The van der Waals surface area contributed by atoms with Gasteiger partial charge in [-0.25, -0.2) is 9.42 Å². The lowest BCUT2D eigenvalue weighted by Crippen LogP contribution is -2.10. The van der Waals surface area contributed by atoms with Gasteiger partial charge >= 0.3 is 5.97 Å². The number of hydrogen-bond donors (Lipinski definition) is 1. The molecule has 0 fully saturated rings. The average molecular weight is 397 g/mol. The summed E-state index contributed by atoms with van der Waals surface area (Å²) >= 11 is 1.48. The number of thioether (sulfide) groups is 1. The van der Waals surface area contributed by atoms with Crippen LogP contribution in [0.3, 0.4) is 0 Å². The highest BCUT2D eigenvalue weighted by atomic mass is 32.2. The second-order valence-electron chi connectivity index (χ2n) is 5.61. The Labute approximate surface area is 163 Å². The van der Waals surface area contributed by atoms with Crippen molar-refractivity contribution in [3.05, 3.63) is 47.9 Å². The fourth-order valence-corrected chi connectivity index (χ4v) is 3.67. The van der Waals surface area contributed by atoms with E-state index in [4.69, 9.17) is 10.5 Å². The zero-order chi connectivity index (χ0) is 19.5. The van der Waals surface area contributed by atoms with Crippen molar-refractivity contribution in [3.8, 4) is 5.82 Å². The van der Waals surface area contributed by atoms with E-state index in [1.54, 1.807) is 13.1 Å². The third kappa shape index (κ3) is 3.27. The third-order valence-electron chi connectivity index (χ3n) is 3.89. The number of nitrogens with zero attached hydrogens (tertiary/aromatic N) is 6. The average Bonchev–Trinajstić information content (AvgIpc) is 3.32. The van der Waals surface area contributed by atoms with E-state index in [2.05, 4.69) is 30.2 Å². The molecule has 0 atom stereocenters. The molecule has 0 unspecified atom stereocenters. The Morgan fingerprint density at radius 1 is 1.29 bits per heavy atom. The number of carbonyl (C=O) groups excluding carboxylic acids is 1. The molecule has 0 aliphatic carbocycles. The lowest BCUT2D eigenvalue weighted by Gasteiger charge is -2.07. The molecule has 0 saturated carbocycles. The Morgan fingerprint density at radius 2 is 2.14 bits per heavy atom. The quantitative estimate of drug-likeness (QED) is 0.381. The van der Waals surface area contributed by atoms with Gasteiger partial charge in [0.1, 0.15) is 0 Å². The minimum absolute atomic E-state index is 0.0402. The highest BCUT2D eigenvalue weighted by Crippen LogP contribution is 2.30. The molecule has 3 aromatic heterocycles. The van der Waals surface area contributed by atoms with Gasteiger partial charge in [-0.15, -0.1) is 16.9 Å². The van der Waals surface area contributed by atoms with Crippen LogP contribution in [0.5, 0.6) is 0 Å². The van der Waals surface area contributed by atoms with E-state index >= 15 is 0 Å². The minimum atomic E-state index is -0.574. The summed E-state index contributed by atoms with van der Waals surface area (Å²) in [5.41, 5.74) is 7.21. The van der Waals surface area contributed by atoms with Crippen LogP contribution in [-0.2, 0) is 10.5 Å². The molecule has 0 radical (unpaired) electrons. The molecule has 11 heteroatoms. The zero-order valence-electron chi connectivity index (χ0n) is 14.8. The van der Waals surface area contributed by atoms with Gasteiger partial charge in [-0.1, -0.05) is 23.4 Å². The Bertz CT molecular complexity index is 1140. The Hall–Kier alpha value is -3.47. The lowest BCUT2D eigenvalue weighted by molar-refractivity contribution is 0.0518. The Kier molecular flexibility index (Phi) is 4.89. The highest BCUT2D eigenvalue weighted by molar-refractivity contribution is 7.98. The van der Waals surface area contributed by atoms with Crippen molar-refractivity contribution in [2.24, 2.45) is 0 Å². The molecule has 0 spiro atoms. The summed E-state index contributed by atoms with van der Waals surface area (Å²) < 4.78 is 11.1. The number of fused-ring (bicyclic) bond motifs is 1. The number of nitrogens with two attached hydrogens (primary N) is 1. The van der Waals surface area contributed by atoms with Crippen molar-refractivity contribution in [3.63, 3.8) is 0 Å². The summed E-state index contributed by atoms with van der Waals surface area (Å²) in [6.45, 7) is 1.94. The molecule has 0 aliphatic heterocycles. The standard InChI is InChI=1S/C17H15N7O3S/c1-2-26-17(25)14-11(24(23-20-14)16-15(18)21-27-22-16)9-28-12-7-3-5-10-6-4-8-19-13(10)12/h3-8H,2,9H2,1H3,(H2,18,21). The molecule has 0 amide bonds. The van der Waals surface area contributed by atoms with E-state index in [1.807, 2.05) is 30.3 Å². The van der Waals surface area contributed by atoms with E-state index in [0.717, 1.165) is 15.8 Å². The van der Waals surface area contributed by atoms with Crippen LogP contribution in [0.15, 0.2) is 46.1 Å². The van der Waals surface area contributed by atoms with E-state index in [-0.39, 0.29) is 23.9 Å². The number of benzene rings is 1. The van der Waals surface area contributed by atoms with Crippen LogP contribution in [0.25, 0.3) is 16.7 Å². The molecule has 3 heterocycles. The first-order chi connectivity index (χ1) is 13.7. The monoisotopic (exact) mass is 397 g/mol.